The fraction of sp³-hybridized carbons (Fsp3) is 0.750. The fourth-order valence-electron chi connectivity index (χ4n) is 2.73. The molecule has 3 rings (SSSR count). The normalized spacial score (nSPS) is 21.1. The summed E-state index contributed by atoms with van der Waals surface area (Å²) in [5.74, 6) is 1.70. The van der Waals surface area contributed by atoms with E-state index in [1.54, 1.807) is 0 Å². The van der Waals surface area contributed by atoms with Crippen molar-refractivity contribution in [1.82, 2.24) is 15.0 Å². The first-order valence-electron chi connectivity index (χ1n) is 8.17. The molecule has 0 aromatic carbocycles. The Kier molecular flexibility index (Phi) is 4.78. The van der Waals surface area contributed by atoms with Crippen LogP contribution in [0.25, 0.3) is 0 Å². The van der Waals surface area contributed by atoms with Crippen molar-refractivity contribution in [1.29, 1.82) is 0 Å². The number of hydrogen-bond donors (Lipinski definition) is 0. The maximum atomic E-state index is 12.4. The molecule has 6 nitrogen and oxygen atoms in total. The molecule has 2 heterocycles. The predicted octanol–water partition coefficient (Wildman–Crippen LogP) is 1.44. The molecule has 22 heavy (non-hydrogen) atoms. The number of aromatic nitrogens is 1. The van der Waals surface area contributed by atoms with Crippen LogP contribution in [-0.4, -0.2) is 59.8 Å². The van der Waals surface area contributed by atoms with Crippen LogP contribution >= 0.6 is 0 Å². The second-order valence-electron chi connectivity index (χ2n) is 6.45. The molecule has 1 aliphatic heterocycles. The lowest BCUT2D eigenvalue weighted by Crippen LogP contribution is -2.51. The number of carbonyl (C=O) groups is 1. The molecule has 1 amide bonds. The van der Waals surface area contributed by atoms with Crippen molar-refractivity contribution in [3.05, 3.63) is 17.5 Å². The van der Waals surface area contributed by atoms with Crippen LogP contribution in [0.3, 0.4) is 0 Å². The van der Waals surface area contributed by atoms with E-state index in [9.17, 15) is 4.79 Å². The van der Waals surface area contributed by atoms with Gasteiger partial charge < -0.3 is 14.2 Å². The van der Waals surface area contributed by atoms with E-state index in [0.29, 0.717) is 5.92 Å². The first kappa shape index (κ1) is 15.5. The van der Waals surface area contributed by atoms with Crippen LogP contribution < -0.4 is 0 Å². The van der Waals surface area contributed by atoms with Crippen molar-refractivity contribution < 1.29 is 14.1 Å². The molecular formula is C16H25N3O3. The Bertz CT molecular complexity index is 504. The summed E-state index contributed by atoms with van der Waals surface area (Å²) >= 11 is 0. The minimum atomic E-state index is -0.316. The quantitative estimate of drug-likeness (QED) is 0.796. The first-order valence-corrected chi connectivity index (χ1v) is 8.17. The topological polar surface area (TPSA) is 58.8 Å². The average molecular weight is 307 g/mol. The lowest BCUT2D eigenvalue weighted by atomic mass is 10.2. The highest BCUT2D eigenvalue weighted by Crippen LogP contribution is 2.29. The molecule has 1 aromatic heterocycles. The van der Waals surface area contributed by atoms with Gasteiger partial charge in [-0.15, -0.1) is 0 Å². The summed E-state index contributed by atoms with van der Waals surface area (Å²) in [4.78, 5) is 16.6. The van der Waals surface area contributed by atoms with Crippen LogP contribution in [-0.2, 0) is 16.1 Å². The van der Waals surface area contributed by atoms with Crippen LogP contribution in [0, 0.1) is 12.8 Å². The molecule has 6 heteroatoms. The summed E-state index contributed by atoms with van der Waals surface area (Å²) < 4.78 is 10.9. The highest BCUT2D eigenvalue weighted by molar-refractivity contribution is 5.80. The summed E-state index contributed by atoms with van der Waals surface area (Å²) in [5, 5.41) is 3.91. The molecule has 122 valence electrons. The Hall–Kier alpha value is -1.40. The Balaban J connectivity index is 1.41. The van der Waals surface area contributed by atoms with Crippen molar-refractivity contribution in [2.75, 3.05) is 32.8 Å². The number of carbonyl (C=O) groups excluding carboxylic acids is 1. The molecule has 1 atom stereocenters. The molecular weight excluding hydrogens is 282 g/mol. The fourth-order valence-corrected chi connectivity index (χ4v) is 2.73. The molecule has 1 saturated heterocycles. The van der Waals surface area contributed by atoms with Gasteiger partial charge >= 0.3 is 0 Å². The molecule has 1 aliphatic carbocycles. The maximum absolute atomic E-state index is 12.4. The summed E-state index contributed by atoms with van der Waals surface area (Å²) in [6.07, 6.45) is 2.19. The standard InChI is InChI=1S/C16H25N3O3/c1-12-9-15(22-17-12)10-18-5-7-19(8-6-18)16(20)13(2)21-11-14-3-4-14/h9,13-14H,3-8,10-11H2,1-2H3. The predicted molar refractivity (Wildman–Crippen MR) is 81.2 cm³/mol. The van der Waals surface area contributed by atoms with E-state index in [1.807, 2.05) is 24.8 Å². The smallest absolute Gasteiger partial charge is 0.251 e. The highest BCUT2D eigenvalue weighted by Gasteiger charge is 2.28. The van der Waals surface area contributed by atoms with E-state index < -0.39 is 0 Å². The monoisotopic (exact) mass is 307 g/mol. The van der Waals surface area contributed by atoms with Crippen LogP contribution in [0.1, 0.15) is 31.2 Å². The number of aryl methyl sites for hydroxylation is 1. The minimum absolute atomic E-state index is 0.121. The van der Waals surface area contributed by atoms with E-state index in [-0.39, 0.29) is 12.0 Å². The van der Waals surface area contributed by atoms with Crippen molar-refractivity contribution in [2.24, 2.45) is 5.92 Å². The van der Waals surface area contributed by atoms with Gasteiger partial charge in [0, 0.05) is 32.2 Å². The van der Waals surface area contributed by atoms with Gasteiger partial charge in [-0.25, -0.2) is 0 Å². The molecule has 2 fully saturated rings. The summed E-state index contributed by atoms with van der Waals surface area (Å²) in [5.41, 5.74) is 0.908. The number of ether oxygens (including phenoxy) is 1. The van der Waals surface area contributed by atoms with Crippen molar-refractivity contribution >= 4 is 5.91 Å². The zero-order valence-corrected chi connectivity index (χ0v) is 13.5. The molecule has 0 spiro atoms. The van der Waals surface area contributed by atoms with Crippen LogP contribution in [0.2, 0.25) is 0 Å². The lowest BCUT2D eigenvalue weighted by Gasteiger charge is -2.35. The summed E-state index contributed by atoms with van der Waals surface area (Å²) in [6, 6.07) is 1.96. The zero-order chi connectivity index (χ0) is 15.5. The van der Waals surface area contributed by atoms with Gasteiger partial charge in [0.1, 0.15) is 6.10 Å². The van der Waals surface area contributed by atoms with Gasteiger partial charge in [-0.05, 0) is 32.6 Å². The van der Waals surface area contributed by atoms with Gasteiger partial charge in [0.05, 0.1) is 18.8 Å². The maximum Gasteiger partial charge on any atom is 0.251 e. The zero-order valence-electron chi connectivity index (χ0n) is 13.5. The van der Waals surface area contributed by atoms with E-state index >= 15 is 0 Å². The Labute approximate surface area is 131 Å². The van der Waals surface area contributed by atoms with E-state index in [2.05, 4.69) is 10.1 Å². The molecule has 1 unspecified atom stereocenters. The third-order valence-corrected chi connectivity index (χ3v) is 4.37. The second-order valence-corrected chi connectivity index (χ2v) is 6.45. The summed E-state index contributed by atoms with van der Waals surface area (Å²) in [7, 11) is 0. The lowest BCUT2D eigenvalue weighted by molar-refractivity contribution is -0.144. The van der Waals surface area contributed by atoms with Gasteiger partial charge in [-0.1, -0.05) is 5.16 Å². The Morgan fingerprint density at radius 2 is 2.14 bits per heavy atom. The van der Waals surface area contributed by atoms with Gasteiger partial charge in [0.2, 0.25) is 0 Å². The Morgan fingerprint density at radius 3 is 2.73 bits per heavy atom. The molecule has 2 aliphatic rings. The van der Waals surface area contributed by atoms with E-state index in [1.165, 1.54) is 12.8 Å². The number of piperazine rings is 1. The average Bonchev–Trinajstić information content (AvgIpc) is 3.27. The Morgan fingerprint density at radius 1 is 1.41 bits per heavy atom. The van der Waals surface area contributed by atoms with Crippen molar-refractivity contribution in [3.63, 3.8) is 0 Å². The minimum Gasteiger partial charge on any atom is -0.368 e. The number of amides is 1. The van der Waals surface area contributed by atoms with E-state index in [0.717, 1.165) is 50.8 Å². The van der Waals surface area contributed by atoms with Crippen LogP contribution in [0.15, 0.2) is 10.6 Å². The third kappa shape index (κ3) is 4.08. The highest BCUT2D eigenvalue weighted by atomic mass is 16.5. The van der Waals surface area contributed by atoms with Crippen LogP contribution in [0.5, 0.6) is 0 Å². The first-order chi connectivity index (χ1) is 10.6. The molecule has 1 saturated carbocycles. The second kappa shape index (κ2) is 6.79. The van der Waals surface area contributed by atoms with Gasteiger partial charge in [-0.3, -0.25) is 9.69 Å². The van der Waals surface area contributed by atoms with Crippen molar-refractivity contribution in [2.45, 2.75) is 39.3 Å². The molecule has 0 bridgehead atoms. The largest absolute Gasteiger partial charge is 0.368 e. The summed E-state index contributed by atoms with van der Waals surface area (Å²) in [6.45, 7) is 8.52. The van der Waals surface area contributed by atoms with Crippen molar-refractivity contribution in [3.8, 4) is 0 Å². The van der Waals surface area contributed by atoms with E-state index in [4.69, 9.17) is 9.26 Å². The van der Waals surface area contributed by atoms with Crippen LogP contribution in [0.4, 0.5) is 0 Å². The van der Waals surface area contributed by atoms with Gasteiger partial charge in [0.25, 0.3) is 5.91 Å². The van der Waals surface area contributed by atoms with Gasteiger partial charge in [-0.2, -0.15) is 0 Å². The molecule has 0 radical (unpaired) electrons. The van der Waals surface area contributed by atoms with Gasteiger partial charge in [0.15, 0.2) is 5.76 Å². The molecule has 0 N–H and O–H groups in total. The number of nitrogens with zero attached hydrogens (tertiary/aromatic N) is 3. The number of hydrogen-bond acceptors (Lipinski definition) is 5. The molecule has 1 aromatic rings. The number of rotatable bonds is 6. The third-order valence-electron chi connectivity index (χ3n) is 4.37. The SMILES string of the molecule is Cc1cc(CN2CCN(C(=O)C(C)OCC3CC3)CC2)on1.